The van der Waals surface area contributed by atoms with E-state index in [1.165, 1.54) is 6.92 Å². The fraction of sp³-hybridized carbons (Fsp3) is 0.600. The first-order chi connectivity index (χ1) is 11.2. The molecule has 0 aromatic heterocycles. The van der Waals surface area contributed by atoms with E-state index in [1.807, 2.05) is 12.1 Å². The second kappa shape index (κ2) is 6.04. The number of phenolic OH excluding ortho intramolecular Hbond substituents is 1. The molecule has 5 heteroatoms. The summed E-state index contributed by atoms with van der Waals surface area (Å²) >= 11 is 0. The lowest BCUT2D eigenvalue weighted by Gasteiger charge is -2.28. The summed E-state index contributed by atoms with van der Waals surface area (Å²) in [5, 5.41) is 15.0. The lowest BCUT2D eigenvalue weighted by atomic mass is 9.78. The zero-order valence-electron chi connectivity index (χ0n) is 16.5. The zero-order valence-corrected chi connectivity index (χ0v) is 16.5. The van der Waals surface area contributed by atoms with Crippen molar-refractivity contribution in [2.75, 3.05) is 0 Å². The van der Waals surface area contributed by atoms with Gasteiger partial charge in [0.15, 0.2) is 0 Å². The molecule has 0 bridgehead atoms. The molecule has 25 heavy (non-hydrogen) atoms. The molecule has 0 saturated heterocycles. The highest BCUT2D eigenvalue weighted by molar-refractivity contribution is 6.02. The normalized spacial score (nSPS) is 20.9. The van der Waals surface area contributed by atoms with Crippen molar-refractivity contribution in [1.29, 1.82) is 0 Å². The van der Waals surface area contributed by atoms with Crippen LogP contribution in [0.1, 0.15) is 78.5 Å². The van der Waals surface area contributed by atoms with E-state index in [-0.39, 0.29) is 10.8 Å². The number of nitrogens with zero attached hydrogens (tertiary/aromatic N) is 1. The second-order valence-corrected chi connectivity index (χ2v) is 8.95. The highest BCUT2D eigenvalue weighted by Gasteiger charge is 2.39. The molecule has 1 N–H and O–H groups in total. The summed E-state index contributed by atoms with van der Waals surface area (Å²) in [4.78, 5) is 16.7. The fourth-order valence-corrected chi connectivity index (χ4v) is 2.98. The predicted octanol–water partition coefficient (Wildman–Crippen LogP) is 4.39. The molecule has 0 spiro atoms. The number of rotatable bonds is 2. The van der Waals surface area contributed by atoms with Crippen LogP contribution in [-0.2, 0) is 25.2 Å². The van der Waals surface area contributed by atoms with Crippen LogP contribution in [0.3, 0.4) is 0 Å². The van der Waals surface area contributed by atoms with Crippen LogP contribution in [-0.4, -0.2) is 22.6 Å². The summed E-state index contributed by atoms with van der Waals surface area (Å²) in [5.41, 5.74) is 2.86. The number of aromatic hydroxyl groups is 1. The van der Waals surface area contributed by atoms with Crippen molar-refractivity contribution < 1.29 is 19.5 Å². The number of oxime groups is 1. The van der Waals surface area contributed by atoms with Crippen molar-refractivity contribution in [3.8, 4) is 5.75 Å². The number of ether oxygens (including phenoxy) is 1. The predicted molar refractivity (Wildman–Crippen MR) is 97.9 cm³/mol. The van der Waals surface area contributed by atoms with Crippen LogP contribution in [0.25, 0.3) is 0 Å². The molecule has 1 heterocycles. The molecule has 0 saturated carbocycles. The average molecular weight is 347 g/mol. The molecule has 0 aliphatic carbocycles. The Bertz CT molecular complexity index is 687. The highest BCUT2D eigenvalue weighted by atomic mass is 16.8. The van der Waals surface area contributed by atoms with E-state index >= 15 is 0 Å². The Morgan fingerprint density at radius 3 is 2.04 bits per heavy atom. The molecule has 5 nitrogen and oxygen atoms in total. The van der Waals surface area contributed by atoms with Gasteiger partial charge in [-0.3, -0.25) is 4.79 Å². The van der Waals surface area contributed by atoms with E-state index in [2.05, 4.69) is 46.7 Å². The summed E-state index contributed by atoms with van der Waals surface area (Å²) in [6.45, 7) is 15.4. The quantitative estimate of drug-likeness (QED) is 0.806. The maximum atomic E-state index is 11.3. The standard InChI is InChI=1S/C20H29NO4/c1-12(22)24-20(8)11-16(21-25-20)13-9-14(18(2,3)4)17(23)15(10-13)19(5,6)7/h9-10,23H,11H2,1-8H3. The van der Waals surface area contributed by atoms with Crippen molar-refractivity contribution in [2.45, 2.75) is 78.4 Å². The lowest BCUT2D eigenvalue weighted by Crippen LogP contribution is -2.31. The molecule has 1 atom stereocenters. The molecule has 0 fully saturated rings. The first-order valence-corrected chi connectivity index (χ1v) is 8.56. The molecule has 1 aromatic rings. The number of benzene rings is 1. The van der Waals surface area contributed by atoms with Gasteiger partial charge in [0.2, 0.25) is 0 Å². The van der Waals surface area contributed by atoms with Crippen LogP contribution in [0.5, 0.6) is 5.75 Å². The Kier molecular flexibility index (Phi) is 4.66. The lowest BCUT2D eigenvalue weighted by molar-refractivity contribution is -0.210. The maximum absolute atomic E-state index is 11.3. The number of hydrogen-bond donors (Lipinski definition) is 1. The van der Waals surface area contributed by atoms with Gasteiger partial charge < -0.3 is 14.7 Å². The van der Waals surface area contributed by atoms with Gasteiger partial charge in [0.1, 0.15) is 5.75 Å². The maximum Gasteiger partial charge on any atom is 0.305 e. The molecular formula is C20H29NO4. The summed E-state index contributed by atoms with van der Waals surface area (Å²) in [5.74, 6) is -1.16. The molecule has 1 aliphatic rings. The summed E-state index contributed by atoms with van der Waals surface area (Å²) < 4.78 is 5.24. The Labute approximate surface area is 150 Å². The minimum Gasteiger partial charge on any atom is -0.507 e. The SMILES string of the molecule is CC(=O)OC1(C)CC(c2cc(C(C)(C)C)c(O)c(C(C)(C)C)c2)=NO1. The Balaban J connectivity index is 2.51. The number of phenols is 1. The molecule has 1 aliphatic heterocycles. The highest BCUT2D eigenvalue weighted by Crippen LogP contribution is 2.41. The van der Waals surface area contributed by atoms with E-state index in [0.29, 0.717) is 17.9 Å². The van der Waals surface area contributed by atoms with Crippen molar-refractivity contribution in [1.82, 2.24) is 0 Å². The molecule has 1 aromatic carbocycles. The average Bonchev–Trinajstić information content (AvgIpc) is 2.77. The van der Waals surface area contributed by atoms with Crippen molar-refractivity contribution >= 4 is 11.7 Å². The van der Waals surface area contributed by atoms with E-state index < -0.39 is 11.8 Å². The molecule has 2 rings (SSSR count). The van der Waals surface area contributed by atoms with Crippen LogP contribution in [0.4, 0.5) is 0 Å². The summed E-state index contributed by atoms with van der Waals surface area (Å²) in [6.07, 6.45) is 0.366. The van der Waals surface area contributed by atoms with Crippen LogP contribution in [0.2, 0.25) is 0 Å². The van der Waals surface area contributed by atoms with Crippen LogP contribution >= 0.6 is 0 Å². The van der Waals surface area contributed by atoms with Crippen LogP contribution < -0.4 is 0 Å². The minimum atomic E-state index is -1.08. The first-order valence-electron chi connectivity index (χ1n) is 8.56. The van der Waals surface area contributed by atoms with E-state index in [4.69, 9.17) is 9.57 Å². The van der Waals surface area contributed by atoms with E-state index in [9.17, 15) is 9.90 Å². The topological polar surface area (TPSA) is 68.1 Å². The number of carbonyl (C=O) groups excluding carboxylic acids is 1. The number of esters is 1. The van der Waals surface area contributed by atoms with Crippen molar-refractivity contribution in [3.63, 3.8) is 0 Å². The fourth-order valence-electron chi connectivity index (χ4n) is 2.98. The molecule has 0 amide bonds. The second-order valence-electron chi connectivity index (χ2n) is 8.95. The van der Waals surface area contributed by atoms with E-state index in [1.54, 1.807) is 6.92 Å². The zero-order chi connectivity index (χ0) is 19.2. The van der Waals surface area contributed by atoms with Gasteiger partial charge in [-0.25, -0.2) is 0 Å². The largest absolute Gasteiger partial charge is 0.507 e. The Hall–Kier alpha value is -2.04. The monoisotopic (exact) mass is 347 g/mol. The summed E-state index contributed by atoms with van der Waals surface area (Å²) in [6, 6.07) is 3.90. The Morgan fingerprint density at radius 2 is 1.64 bits per heavy atom. The number of hydrogen-bond acceptors (Lipinski definition) is 5. The van der Waals surface area contributed by atoms with Gasteiger partial charge in [-0.05, 0) is 23.0 Å². The molecular weight excluding hydrogens is 318 g/mol. The van der Waals surface area contributed by atoms with Crippen molar-refractivity contribution in [2.24, 2.45) is 5.16 Å². The van der Waals surface area contributed by atoms with Gasteiger partial charge in [-0.1, -0.05) is 46.7 Å². The number of carbonyl (C=O) groups is 1. The van der Waals surface area contributed by atoms with Gasteiger partial charge >= 0.3 is 5.97 Å². The van der Waals surface area contributed by atoms with Gasteiger partial charge in [0.25, 0.3) is 5.79 Å². The first kappa shape index (κ1) is 19.3. The third-order valence-corrected chi connectivity index (χ3v) is 4.26. The smallest absolute Gasteiger partial charge is 0.305 e. The van der Waals surface area contributed by atoms with E-state index in [0.717, 1.165) is 16.7 Å². The van der Waals surface area contributed by atoms with Gasteiger partial charge in [0.05, 0.1) is 12.1 Å². The van der Waals surface area contributed by atoms with Crippen molar-refractivity contribution in [3.05, 3.63) is 28.8 Å². The third-order valence-electron chi connectivity index (χ3n) is 4.26. The Morgan fingerprint density at radius 1 is 1.16 bits per heavy atom. The van der Waals surface area contributed by atoms with Gasteiger partial charge in [-0.15, -0.1) is 0 Å². The molecule has 0 radical (unpaired) electrons. The molecule has 1 unspecified atom stereocenters. The summed E-state index contributed by atoms with van der Waals surface area (Å²) in [7, 11) is 0. The van der Waals surface area contributed by atoms with Crippen LogP contribution in [0, 0.1) is 0 Å². The van der Waals surface area contributed by atoms with Gasteiger partial charge in [0, 0.05) is 30.5 Å². The van der Waals surface area contributed by atoms with Crippen LogP contribution in [0.15, 0.2) is 17.3 Å². The third kappa shape index (κ3) is 4.14. The minimum absolute atomic E-state index is 0.223. The molecule has 138 valence electrons. The van der Waals surface area contributed by atoms with Gasteiger partial charge in [-0.2, -0.15) is 0 Å².